The lowest BCUT2D eigenvalue weighted by molar-refractivity contribution is 0.0951. The lowest BCUT2D eigenvalue weighted by Gasteiger charge is -2.09. The van der Waals surface area contributed by atoms with Crippen molar-refractivity contribution in [3.63, 3.8) is 0 Å². The molecule has 0 unspecified atom stereocenters. The molecule has 4 rings (SSSR count). The highest BCUT2D eigenvalue weighted by atomic mass is 16.7. The number of amides is 1. The van der Waals surface area contributed by atoms with Crippen LogP contribution in [0.25, 0.3) is 11.6 Å². The van der Waals surface area contributed by atoms with E-state index in [2.05, 4.69) is 15.3 Å². The minimum atomic E-state index is -0.375. The summed E-state index contributed by atoms with van der Waals surface area (Å²) in [6, 6.07) is 8.94. The third kappa shape index (κ3) is 2.85. The number of hydrogen-bond acceptors (Lipinski definition) is 7. The molecule has 0 fully saturated rings. The first-order chi connectivity index (χ1) is 12.2. The number of aromatic nitrogens is 2. The third-order valence-corrected chi connectivity index (χ3v) is 3.72. The van der Waals surface area contributed by atoms with Crippen LogP contribution in [0.15, 0.2) is 47.2 Å². The normalized spacial score (nSPS) is 12.2. The van der Waals surface area contributed by atoms with Gasteiger partial charge in [0.1, 0.15) is 5.82 Å². The molecule has 25 heavy (non-hydrogen) atoms. The van der Waals surface area contributed by atoms with Crippen LogP contribution in [0, 0.1) is 0 Å². The van der Waals surface area contributed by atoms with E-state index < -0.39 is 0 Å². The maximum absolute atomic E-state index is 12.4. The number of nitrogens with two attached hydrogens (primary N) is 1. The summed E-state index contributed by atoms with van der Waals surface area (Å²) in [5.74, 6) is 1.82. The molecular weight excluding hydrogens is 324 g/mol. The molecule has 0 bridgehead atoms. The Balaban J connectivity index is 1.49. The van der Waals surface area contributed by atoms with Crippen molar-refractivity contribution in [3.8, 4) is 23.1 Å². The Morgan fingerprint density at radius 3 is 2.96 bits per heavy atom. The monoisotopic (exact) mass is 338 g/mol. The molecule has 0 spiro atoms. The number of anilines is 1. The second kappa shape index (κ2) is 6.16. The van der Waals surface area contributed by atoms with Crippen molar-refractivity contribution >= 4 is 11.7 Å². The molecule has 3 N–H and O–H groups in total. The zero-order chi connectivity index (χ0) is 17.2. The molecule has 8 heteroatoms. The van der Waals surface area contributed by atoms with E-state index in [9.17, 15) is 4.79 Å². The summed E-state index contributed by atoms with van der Waals surface area (Å²) in [7, 11) is 0. The van der Waals surface area contributed by atoms with E-state index in [1.807, 2.05) is 18.2 Å². The van der Waals surface area contributed by atoms with Crippen molar-refractivity contribution in [1.82, 2.24) is 15.3 Å². The molecule has 126 valence electrons. The smallest absolute Gasteiger partial charge is 0.256 e. The topological polar surface area (TPSA) is 112 Å². The predicted molar refractivity (Wildman–Crippen MR) is 87.9 cm³/mol. The predicted octanol–water partition coefficient (Wildman–Crippen LogP) is 1.98. The van der Waals surface area contributed by atoms with Gasteiger partial charge in [-0.15, -0.1) is 0 Å². The van der Waals surface area contributed by atoms with E-state index in [0.29, 0.717) is 23.1 Å². The second-order valence-electron chi connectivity index (χ2n) is 5.30. The van der Waals surface area contributed by atoms with E-state index in [4.69, 9.17) is 19.6 Å². The molecule has 3 aromatic rings. The molecule has 1 amide bonds. The van der Waals surface area contributed by atoms with Crippen LogP contribution in [0.1, 0.15) is 15.9 Å². The van der Waals surface area contributed by atoms with Gasteiger partial charge in [-0.1, -0.05) is 12.1 Å². The fourth-order valence-electron chi connectivity index (χ4n) is 2.50. The Labute approximate surface area is 142 Å². The number of fused-ring (bicyclic) bond motifs is 1. The van der Waals surface area contributed by atoms with Crippen LogP contribution in [-0.4, -0.2) is 22.7 Å². The molecular formula is C17H14N4O4. The molecule has 1 aromatic carbocycles. The van der Waals surface area contributed by atoms with E-state index in [-0.39, 0.29) is 30.6 Å². The lowest BCUT2D eigenvalue weighted by atomic mass is 10.2. The Kier molecular flexibility index (Phi) is 3.70. The van der Waals surface area contributed by atoms with Gasteiger partial charge >= 0.3 is 0 Å². The summed E-state index contributed by atoms with van der Waals surface area (Å²) in [5.41, 5.74) is 6.90. The summed E-state index contributed by atoms with van der Waals surface area (Å²) < 4.78 is 15.9. The Bertz CT molecular complexity index is 924. The minimum Gasteiger partial charge on any atom is -0.461 e. The van der Waals surface area contributed by atoms with Gasteiger partial charge in [0, 0.05) is 18.3 Å². The van der Waals surface area contributed by atoms with Crippen molar-refractivity contribution in [2.45, 2.75) is 6.54 Å². The zero-order valence-electron chi connectivity index (χ0n) is 13.1. The average molecular weight is 338 g/mol. The van der Waals surface area contributed by atoms with Crippen molar-refractivity contribution in [1.29, 1.82) is 0 Å². The summed E-state index contributed by atoms with van der Waals surface area (Å²) >= 11 is 0. The highest BCUT2D eigenvalue weighted by Crippen LogP contribution is 2.35. The number of nitrogens with one attached hydrogen (secondary N) is 1. The summed E-state index contributed by atoms with van der Waals surface area (Å²) in [6.07, 6.45) is 2.89. The van der Waals surface area contributed by atoms with Crippen molar-refractivity contribution in [3.05, 3.63) is 53.9 Å². The Hall–Kier alpha value is -3.55. The molecule has 0 radical (unpaired) electrons. The van der Waals surface area contributed by atoms with Gasteiger partial charge in [0.05, 0.1) is 11.8 Å². The summed E-state index contributed by atoms with van der Waals surface area (Å²) in [4.78, 5) is 20.6. The summed E-state index contributed by atoms with van der Waals surface area (Å²) in [6.45, 7) is 0.445. The molecule has 0 saturated carbocycles. The quantitative estimate of drug-likeness (QED) is 0.748. The van der Waals surface area contributed by atoms with Crippen LogP contribution in [0.2, 0.25) is 0 Å². The van der Waals surface area contributed by atoms with E-state index in [0.717, 1.165) is 5.56 Å². The van der Waals surface area contributed by atoms with Gasteiger partial charge in [0.2, 0.25) is 6.79 Å². The van der Waals surface area contributed by atoms with E-state index in [1.54, 1.807) is 12.1 Å². The van der Waals surface area contributed by atoms with Gasteiger partial charge in [-0.05, 0) is 18.2 Å². The first kappa shape index (κ1) is 15.0. The molecule has 0 atom stereocenters. The van der Waals surface area contributed by atoms with Crippen LogP contribution in [0.3, 0.4) is 0 Å². The fourth-order valence-corrected chi connectivity index (χ4v) is 2.50. The zero-order valence-corrected chi connectivity index (χ0v) is 13.1. The Morgan fingerprint density at radius 1 is 1.24 bits per heavy atom. The number of hydrogen-bond donors (Lipinski definition) is 2. The standard InChI is InChI=1S/C17H14N4O4/c18-15-11(8-19-16(21-15)13-5-2-6-23-13)17(22)20-7-10-3-1-4-12-14(10)25-9-24-12/h1-6,8H,7,9H2,(H,20,22)(H2,18,19,21). The van der Waals surface area contributed by atoms with Crippen molar-refractivity contribution < 1.29 is 18.7 Å². The maximum atomic E-state index is 12.4. The van der Waals surface area contributed by atoms with Crippen LogP contribution in [-0.2, 0) is 6.54 Å². The first-order valence-corrected chi connectivity index (χ1v) is 7.54. The highest BCUT2D eigenvalue weighted by Gasteiger charge is 2.19. The van der Waals surface area contributed by atoms with Crippen LogP contribution < -0.4 is 20.5 Å². The van der Waals surface area contributed by atoms with E-state index >= 15 is 0 Å². The van der Waals surface area contributed by atoms with Gasteiger partial charge in [-0.2, -0.15) is 0 Å². The van der Waals surface area contributed by atoms with Gasteiger partial charge in [-0.25, -0.2) is 9.97 Å². The van der Waals surface area contributed by atoms with E-state index in [1.165, 1.54) is 12.5 Å². The molecule has 2 aromatic heterocycles. The fraction of sp³-hybridized carbons (Fsp3) is 0.118. The van der Waals surface area contributed by atoms with Crippen LogP contribution >= 0.6 is 0 Å². The van der Waals surface area contributed by atoms with Crippen LogP contribution in [0.4, 0.5) is 5.82 Å². The number of nitrogen functional groups attached to an aromatic ring is 1. The molecule has 0 aliphatic carbocycles. The number of rotatable bonds is 4. The van der Waals surface area contributed by atoms with Gasteiger partial charge < -0.3 is 24.9 Å². The molecule has 1 aliphatic rings. The average Bonchev–Trinajstić information content (AvgIpc) is 3.31. The number of carbonyl (C=O) groups is 1. The second-order valence-corrected chi connectivity index (χ2v) is 5.30. The number of furan rings is 1. The molecule has 0 saturated heterocycles. The SMILES string of the molecule is Nc1nc(-c2ccco2)ncc1C(=O)NCc1cccc2c1OCO2. The summed E-state index contributed by atoms with van der Waals surface area (Å²) in [5, 5.41) is 2.78. The number of para-hydroxylation sites is 1. The number of benzene rings is 1. The van der Waals surface area contributed by atoms with Gasteiger partial charge in [0.15, 0.2) is 23.1 Å². The molecule has 8 nitrogen and oxygen atoms in total. The van der Waals surface area contributed by atoms with Crippen molar-refractivity contribution in [2.75, 3.05) is 12.5 Å². The highest BCUT2D eigenvalue weighted by molar-refractivity contribution is 5.98. The Morgan fingerprint density at radius 2 is 2.16 bits per heavy atom. The lowest BCUT2D eigenvalue weighted by Crippen LogP contribution is -2.24. The number of carbonyl (C=O) groups excluding carboxylic acids is 1. The minimum absolute atomic E-state index is 0.0803. The first-order valence-electron chi connectivity index (χ1n) is 7.54. The number of nitrogens with zero attached hydrogens (tertiary/aromatic N) is 2. The molecule has 3 heterocycles. The van der Waals surface area contributed by atoms with Crippen molar-refractivity contribution in [2.24, 2.45) is 0 Å². The number of ether oxygens (including phenoxy) is 2. The molecule has 1 aliphatic heterocycles. The van der Waals surface area contributed by atoms with Gasteiger partial charge in [-0.3, -0.25) is 4.79 Å². The largest absolute Gasteiger partial charge is 0.461 e. The third-order valence-electron chi connectivity index (χ3n) is 3.72. The maximum Gasteiger partial charge on any atom is 0.256 e. The van der Waals surface area contributed by atoms with Crippen LogP contribution in [0.5, 0.6) is 11.5 Å². The van der Waals surface area contributed by atoms with Gasteiger partial charge in [0.25, 0.3) is 5.91 Å².